The normalized spacial score (nSPS) is 16.5. The van der Waals surface area contributed by atoms with E-state index >= 15 is 0 Å². The lowest BCUT2D eigenvalue weighted by molar-refractivity contribution is -0.117. The molecule has 4 aromatic rings. The summed E-state index contributed by atoms with van der Waals surface area (Å²) in [7, 11) is 0. The number of rotatable bonds is 7. The van der Waals surface area contributed by atoms with Crippen molar-refractivity contribution in [1.29, 1.82) is 0 Å². The van der Waals surface area contributed by atoms with E-state index in [0.717, 1.165) is 46.7 Å². The fraction of sp³-hybridized carbons (Fsp3) is 0.250. The van der Waals surface area contributed by atoms with E-state index in [1.165, 1.54) is 0 Å². The summed E-state index contributed by atoms with van der Waals surface area (Å²) in [6.07, 6.45) is 6.84. The first-order valence-corrected chi connectivity index (χ1v) is 13.6. The van der Waals surface area contributed by atoms with Crippen LogP contribution in [0.25, 0.3) is 11.1 Å². The van der Waals surface area contributed by atoms with E-state index in [-0.39, 0.29) is 23.8 Å². The number of fused-ring (bicyclic) bond motifs is 3. The number of hydrogen-bond donors (Lipinski definition) is 2. The Morgan fingerprint density at radius 3 is 2.67 bits per heavy atom. The molecular weight excluding hydrogens is 502 g/mol. The second-order valence-electron chi connectivity index (χ2n) is 10.4. The van der Waals surface area contributed by atoms with Gasteiger partial charge in [0.2, 0.25) is 11.8 Å². The molecule has 2 amide bonds. The van der Waals surface area contributed by atoms with Gasteiger partial charge in [0, 0.05) is 54.0 Å². The summed E-state index contributed by atoms with van der Waals surface area (Å²) in [5.74, 6) is 1.61. The van der Waals surface area contributed by atoms with E-state index in [2.05, 4.69) is 20.6 Å². The number of nitrogens with one attached hydrogen (secondary N) is 2. The minimum atomic E-state index is -0.189. The molecule has 2 aliphatic rings. The molecule has 0 radical (unpaired) electrons. The molecule has 4 heterocycles. The quantitative estimate of drug-likeness (QED) is 0.278. The highest BCUT2D eigenvalue weighted by molar-refractivity contribution is 5.96. The molecule has 0 aliphatic carbocycles. The van der Waals surface area contributed by atoms with E-state index in [1.54, 1.807) is 12.4 Å². The third-order valence-corrected chi connectivity index (χ3v) is 7.47. The maximum absolute atomic E-state index is 12.7. The summed E-state index contributed by atoms with van der Waals surface area (Å²) in [6.45, 7) is 4.80. The maximum Gasteiger partial charge on any atom is 0.227 e. The summed E-state index contributed by atoms with van der Waals surface area (Å²) >= 11 is 0. The van der Waals surface area contributed by atoms with Crippen molar-refractivity contribution in [2.24, 2.45) is 0 Å². The fourth-order valence-corrected chi connectivity index (χ4v) is 5.39. The molecule has 8 nitrogen and oxygen atoms in total. The second-order valence-corrected chi connectivity index (χ2v) is 10.4. The molecule has 202 valence electrons. The maximum atomic E-state index is 12.7. The van der Waals surface area contributed by atoms with E-state index < -0.39 is 0 Å². The van der Waals surface area contributed by atoms with Gasteiger partial charge in [-0.15, -0.1) is 0 Å². The van der Waals surface area contributed by atoms with Gasteiger partial charge in [0.15, 0.2) is 0 Å². The number of ether oxygens (including phenoxy) is 1. The Hall–Kier alpha value is -4.72. The van der Waals surface area contributed by atoms with Crippen molar-refractivity contribution in [3.05, 3.63) is 90.4 Å². The zero-order valence-electron chi connectivity index (χ0n) is 22.6. The van der Waals surface area contributed by atoms with Crippen LogP contribution in [0.3, 0.4) is 0 Å². The Morgan fingerprint density at radius 1 is 1.05 bits per heavy atom. The van der Waals surface area contributed by atoms with Crippen molar-refractivity contribution >= 4 is 34.7 Å². The smallest absolute Gasteiger partial charge is 0.227 e. The monoisotopic (exact) mass is 533 g/mol. The number of nitrogens with zero attached hydrogens (tertiary/aromatic N) is 3. The Kier molecular flexibility index (Phi) is 6.90. The van der Waals surface area contributed by atoms with Gasteiger partial charge in [0.25, 0.3) is 0 Å². The first kappa shape index (κ1) is 25.6. The van der Waals surface area contributed by atoms with Gasteiger partial charge in [-0.25, -0.2) is 4.98 Å². The summed E-state index contributed by atoms with van der Waals surface area (Å²) in [5.41, 5.74) is 6.31. The van der Waals surface area contributed by atoms with Crippen molar-refractivity contribution < 1.29 is 14.3 Å². The van der Waals surface area contributed by atoms with Crippen LogP contribution in [-0.4, -0.2) is 28.3 Å². The predicted molar refractivity (Wildman–Crippen MR) is 156 cm³/mol. The van der Waals surface area contributed by atoms with E-state index in [0.29, 0.717) is 30.0 Å². The second kappa shape index (κ2) is 10.8. The molecule has 8 heteroatoms. The average molecular weight is 534 g/mol. The number of hydrogen-bond acceptors (Lipinski definition) is 6. The van der Waals surface area contributed by atoms with Crippen LogP contribution in [0.15, 0.2) is 79.3 Å². The van der Waals surface area contributed by atoms with Gasteiger partial charge in [-0.1, -0.05) is 37.3 Å². The van der Waals surface area contributed by atoms with Crippen LogP contribution in [0.1, 0.15) is 56.3 Å². The first-order chi connectivity index (χ1) is 19.4. The lowest BCUT2D eigenvalue weighted by Gasteiger charge is -2.28. The van der Waals surface area contributed by atoms with Gasteiger partial charge >= 0.3 is 0 Å². The molecule has 6 rings (SSSR count). The minimum absolute atomic E-state index is 0.0656. The molecular formula is C32H31N5O3. The lowest BCUT2D eigenvalue weighted by Crippen LogP contribution is -2.24. The summed E-state index contributed by atoms with van der Waals surface area (Å²) < 4.78 is 6.27. The van der Waals surface area contributed by atoms with Gasteiger partial charge in [0.05, 0.1) is 23.8 Å². The first-order valence-electron chi connectivity index (χ1n) is 13.6. The Balaban J connectivity index is 1.16. The highest BCUT2D eigenvalue weighted by Crippen LogP contribution is 2.44. The van der Waals surface area contributed by atoms with Gasteiger partial charge in [0.1, 0.15) is 17.7 Å². The van der Waals surface area contributed by atoms with Crippen molar-refractivity contribution in [3.63, 3.8) is 0 Å². The minimum Gasteiger partial charge on any atom is -0.485 e. The highest BCUT2D eigenvalue weighted by atomic mass is 16.5. The van der Waals surface area contributed by atoms with Gasteiger partial charge < -0.3 is 20.3 Å². The molecule has 2 atom stereocenters. The molecule has 0 spiro atoms. The fourth-order valence-electron chi connectivity index (χ4n) is 5.39. The Morgan fingerprint density at radius 2 is 1.88 bits per heavy atom. The van der Waals surface area contributed by atoms with Crippen LogP contribution < -0.4 is 20.3 Å². The van der Waals surface area contributed by atoms with Crippen LogP contribution in [0.4, 0.5) is 22.9 Å². The number of carbonyl (C=O) groups excluding carboxylic acids is 2. The molecule has 2 N–H and O–H groups in total. The van der Waals surface area contributed by atoms with Crippen LogP contribution in [0.2, 0.25) is 0 Å². The van der Waals surface area contributed by atoms with Crippen molar-refractivity contribution in [2.75, 3.05) is 22.1 Å². The SMILES string of the molecule is CC(CC(=O)Nc1cncc(Nc2cc3c(cn2)-c2ccc(N4CCCC4=O)cc2OC3C)c1)c1ccccc1. The largest absolute Gasteiger partial charge is 0.485 e. The number of anilines is 4. The number of benzene rings is 2. The number of aromatic nitrogens is 2. The third kappa shape index (κ3) is 5.25. The van der Waals surface area contributed by atoms with E-state index in [9.17, 15) is 9.59 Å². The molecule has 2 unspecified atom stereocenters. The molecule has 2 aromatic carbocycles. The van der Waals surface area contributed by atoms with E-state index in [4.69, 9.17) is 4.74 Å². The molecule has 40 heavy (non-hydrogen) atoms. The number of carbonyl (C=O) groups is 2. The van der Waals surface area contributed by atoms with Crippen LogP contribution in [-0.2, 0) is 9.59 Å². The standard InChI is InChI=1S/C32H31N5O3/c1-20(22-7-4-3-5-8-22)13-31(38)36-24-14-23(17-33-18-24)35-30-16-27-21(2)40-29-15-25(37-12-6-9-32(37)39)10-11-26(29)28(27)19-34-30/h3-5,7-8,10-11,14-21H,6,9,12-13H2,1-2H3,(H,34,35)(H,36,38). The highest BCUT2D eigenvalue weighted by Gasteiger charge is 2.27. The molecule has 2 aliphatic heterocycles. The van der Waals surface area contributed by atoms with Crippen LogP contribution in [0.5, 0.6) is 5.75 Å². The zero-order valence-corrected chi connectivity index (χ0v) is 22.6. The van der Waals surface area contributed by atoms with Gasteiger partial charge in [-0.05, 0) is 49.1 Å². The third-order valence-electron chi connectivity index (χ3n) is 7.47. The summed E-state index contributed by atoms with van der Waals surface area (Å²) in [4.78, 5) is 35.6. The van der Waals surface area contributed by atoms with Crippen LogP contribution >= 0.6 is 0 Å². The molecule has 1 saturated heterocycles. The van der Waals surface area contributed by atoms with E-state index in [1.807, 2.05) is 85.6 Å². The van der Waals surface area contributed by atoms with Crippen molar-refractivity contribution in [3.8, 4) is 16.9 Å². The average Bonchev–Trinajstić information content (AvgIpc) is 3.39. The number of amides is 2. The molecule has 1 fully saturated rings. The van der Waals surface area contributed by atoms with Crippen LogP contribution in [0, 0.1) is 0 Å². The number of pyridine rings is 2. The Bertz CT molecular complexity index is 1570. The van der Waals surface area contributed by atoms with Crippen molar-refractivity contribution in [1.82, 2.24) is 9.97 Å². The molecule has 0 bridgehead atoms. The summed E-state index contributed by atoms with van der Waals surface area (Å²) in [5, 5.41) is 6.26. The Labute approximate surface area is 233 Å². The topological polar surface area (TPSA) is 96.5 Å². The zero-order chi connectivity index (χ0) is 27.6. The van der Waals surface area contributed by atoms with Gasteiger partial charge in [-0.2, -0.15) is 0 Å². The molecule has 2 aromatic heterocycles. The predicted octanol–water partition coefficient (Wildman–Crippen LogP) is 6.60. The molecule has 0 saturated carbocycles. The van der Waals surface area contributed by atoms with Gasteiger partial charge in [-0.3, -0.25) is 14.6 Å². The summed E-state index contributed by atoms with van der Waals surface area (Å²) in [6, 6.07) is 19.8. The van der Waals surface area contributed by atoms with Crippen molar-refractivity contribution in [2.45, 2.75) is 45.1 Å². The lowest BCUT2D eigenvalue weighted by atomic mass is 9.94.